The molecule has 0 unspecified atom stereocenters. The zero-order valence-corrected chi connectivity index (χ0v) is 32.2. The van der Waals surface area contributed by atoms with Crippen LogP contribution in [-0.4, -0.2) is 36.1 Å². The summed E-state index contributed by atoms with van der Waals surface area (Å²) in [6.07, 6.45) is 9.89. The van der Waals surface area contributed by atoms with Gasteiger partial charge in [-0.1, -0.05) is 118 Å². The van der Waals surface area contributed by atoms with Crippen LogP contribution in [0.2, 0.25) is 0 Å². The molecule has 0 spiro atoms. The number of aromatic hydroxyl groups is 1. The van der Waals surface area contributed by atoms with Crippen molar-refractivity contribution in [1.29, 1.82) is 0 Å². The molecule has 0 aliphatic heterocycles. The molecule has 274 valence electrons. The first-order valence-electron chi connectivity index (χ1n) is 18.8. The number of aromatic carboxylic acids is 1. The van der Waals surface area contributed by atoms with Gasteiger partial charge >= 0.3 is 5.97 Å². The Morgan fingerprint density at radius 2 is 1.47 bits per heavy atom. The van der Waals surface area contributed by atoms with E-state index in [1.165, 1.54) is 45.9 Å². The molecule has 0 amide bonds. The Morgan fingerprint density at radius 1 is 0.745 bits per heavy atom. The fraction of sp³-hybridized carbons (Fsp3) is 0.200. The number of benzene rings is 6. The molecule has 0 bridgehead atoms. The number of phenols is 1. The van der Waals surface area contributed by atoms with Crippen molar-refractivity contribution in [1.82, 2.24) is 0 Å². The first kappa shape index (κ1) is 35.8. The molecule has 0 aromatic heterocycles. The van der Waals surface area contributed by atoms with Gasteiger partial charge in [0.2, 0.25) is 0 Å². The number of carboxylic acid groups (broad SMARTS) is 1. The van der Waals surface area contributed by atoms with E-state index in [0.717, 1.165) is 56.9 Å². The maximum atomic E-state index is 14.4. The molecular formula is C50H45NO4. The van der Waals surface area contributed by atoms with E-state index in [4.69, 9.17) is 0 Å². The Labute approximate surface area is 322 Å². The van der Waals surface area contributed by atoms with E-state index in [1.807, 2.05) is 30.3 Å². The molecule has 6 aromatic rings. The van der Waals surface area contributed by atoms with Gasteiger partial charge < -0.3 is 15.1 Å². The second kappa shape index (κ2) is 13.3. The molecule has 5 nitrogen and oxygen atoms in total. The number of carbonyl (C=O) groups excluding carboxylic acids is 1. The number of anilines is 1. The van der Waals surface area contributed by atoms with E-state index in [-0.39, 0.29) is 27.9 Å². The number of allylic oxidation sites excluding steroid dienone is 5. The maximum absolute atomic E-state index is 14.4. The summed E-state index contributed by atoms with van der Waals surface area (Å²) < 4.78 is 0. The van der Waals surface area contributed by atoms with E-state index in [1.54, 1.807) is 12.1 Å². The highest BCUT2D eigenvalue weighted by atomic mass is 16.4. The summed E-state index contributed by atoms with van der Waals surface area (Å²) in [7, 11) is 4.10. The molecule has 0 saturated carbocycles. The van der Waals surface area contributed by atoms with Gasteiger partial charge in [0.1, 0.15) is 11.3 Å². The van der Waals surface area contributed by atoms with Gasteiger partial charge in [0.15, 0.2) is 5.78 Å². The second-order valence-corrected chi connectivity index (χ2v) is 16.6. The van der Waals surface area contributed by atoms with Crippen molar-refractivity contribution >= 4 is 50.6 Å². The molecule has 0 atom stereocenters. The summed E-state index contributed by atoms with van der Waals surface area (Å²) in [6, 6.07) is 34.1. The van der Waals surface area contributed by atoms with Crippen LogP contribution in [0.3, 0.4) is 0 Å². The zero-order chi connectivity index (χ0) is 38.8. The van der Waals surface area contributed by atoms with Crippen molar-refractivity contribution in [2.75, 3.05) is 19.0 Å². The van der Waals surface area contributed by atoms with Crippen LogP contribution in [-0.2, 0) is 5.41 Å². The van der Waals surface area contributed by atoms with Crippen LogP contribution in [0, 0.1) is 5.41 Å². The number of hydrogen-bond acceptors (Lipinski definition) is 4. The van der Waals surface area contributed by atoms with Gasteiger partial charge in [-0.25, -0.2) is 4.79 Å². The van der Waals surface area contributed by atoms with E-state index < -0.39 is 5.97 Å². The number of nitrogens with zero attached hydrogens (tertiary/aromatic N) is 1. The maximum Gasteiger partial charge on any atom is 0.339 e. The molecule has 0 saturated heterocycles. The van der Waals surface area contributed by atoms with Gasteiger partial charge in [0.25, 0.3) is 0 Å². The van der Waals surface area contributed by atoms with Crippen LogP contribution in [0.5, 0.6) is 5.75 Å². The third kappa shape index (κ3) is 6.44. The van der Waals surface area contributed by atoms with Crippen LogP contribution in [0.25, 0.3) is 55.4 Å². The molecule has 0 radical (unpaired) electrons. The molecule has 5 heteroatoms. The van der Waals surface area contributed by atoms with Gasteiger partial charge in [-0.05, 0) is 132 Å². The topological polar surface area (TPSA) is 77.8 Å². The molecule has 2 aliphatic carbocycles. The van der Waals surface area contributed by atoms with Crippen molar-refractivity contribution in [3.8, 4) is 28.0 Å². The predicted octanol–water partition coefficient (Wildman–Crippen LogP) is 12.1. The average Bonchev–Trinajstić information content (AvgIpc) is 3.15. The number of fused-ring (bicyclic) bond motifs is 5. The van der Waals surface area contributed by atoms with Crippen LogP contribution >= 0.6 is 0 Å². The average molecular weight is 724 g/mol. The van der Waals surface area contributed by atoms with Crippen molar-refractivity contribution in [3.63, 3.8) is 0 Å². The molecule has 2 aliphatic rings. The van der Waals surface area contributed by atoms with Crippen molar-refractivity contribution in [2.45, 2.75) is 46.0 Å². The molecular weight excluding hydrogens is 679 g/mol. The molecule has 0 fully saturated rings. The zero-order valence-electron chi connectivity index (χ0n) is 32.2. The van der Waals surface area contributed by atoms with Crippen molar-refractivity contribution < 1.29 is 19.8 Å². The highest BCUT2D eigenvalue weighted by Gasteiger charge is 2.37. The van der Waals surface area contributed by atoms with E-state index in [2.05, 4.69) is 113 Å². The lowest BCUT2D eigenvalue weighted by atomic mass is 9.63. The Kier molecular flexibility index (Phi) is 8.64. The fourth-order valence-corrected chi connectivity index (χ4v) is 8.77. The van der Waals surface area contributed by atoms with Gasteiger partial charge in [0, 0.05) is 25.3 Å². The highest BCUT2D eigenvalue weighted by Crippen LogP contribution is 2.53. The summed E-state index contributed by atoms with van der Waals surface area (Å²) in [5, 5.41) is 23.8. The minimum atomic E-state index is -1.21. The summed E-state index contributed by atoms with van der Waals surface area (Å²) in [5.74, 6) is -1.76. The normalized spacial score (nSPS) is 15.7. The first-order chi connectivity index (χ1) is 26.2. The third-order valence-electron chi connectivity index (χ3n) is 11.4. The largest absolute Gasteiger partial charge is 0.507 e. The minimum absolute atomic E-state index is 0.110. The molecule has 0 heterocycles. The minimum Gasteiger partial charge on any atom is -0.507 e. The Morgan fingerprint density at radius 3 is 2.20 bits per heavy atom. The first-order valence-corrected chi connectivity index (χ1v) is 18.8. The molecule has 55 heavy (non-hydrogen) atoms. The number of ketones is 1. The second-order valence-electron chi connectivity index (χ2n) is 16.6. The van der Waals surface area contributed by atoms with Crippen molar-refractivity contribution in [3.05, 3.63) is 155 Å². The molecule has 2 N–H and O–H groups in total. The Hall–Kier alpha value is -6.20. The van der Waals surface area contributed by atoms with Gasteiger partial charge in [0.05, 0.1) is 0 Å². The van der Waals surface area contributed by atoms with Gasteiger partial charge in [-0.3, -0.25) is 4.79 Å². The van der Waals surface area contributed by atoms with E-state index >= 15 is 0 Å². The lowest BCUT2D eigenvalue weighted by molar-refractivity contribution is 0.0693. The van der Waals surface area contributed by atoms with Crippen LogP contribution < -0.4 is 4.90 Å². The van der Waals surface area contributed by atoms with Gasteiger partial charge in [-0.15, -0.1) is 0 Å². The van der Waals surface area contributed by atoms with E-state index in [0.29, 0.717) is 11.1 Å². The predicted molar refractivity (Wildman–Crippen MR) is 227 cm³/mol. The number of rotatable bonds is 7. The Balaban J connectivity index is 1.35. The monoisotopic (exact) mass is 723 g/mol. The number of carboxylic acids is 1. The number of carbonyl (C=O) groups is 2. The standard InChI is InChI=1S/C50H45NO4/c1-49(2)24-23-37-35(28-49)29-50(3,4)47-40(37)21-16-33-26-34(27-42(45(33)47)32-13-17-36(18-14-32)51(5)6)39-20-15-31-9-7-8-10-38(31)46(39)43(52)22-12-30-11-19-41(48(54)55)44(53)25-30/h7-27,53H,28-29H2,1-6H3,(H,54,55)/b22-12+. The Bertz CT molecular complexity index is 2670. The lowest BCUT2D eigenvalue weighted by Crippen LogP contribution is -2.28. The summed E-state index contributed by atoms with van der Waals surface area (Å²) >= 11 is 0. The van der Waals surface area contributed by atoms with Crippen LogP contribution in [0.1, 0.15) is 77.9 Å². The van der Waals surface area contributed by atoms with E-state index in [9.17, 15) is 19.8 Å². The quantitative estimate of drug-likeness (QED) is 0.127. The fourth-order valence-electron chi connectivity index (χ4n) is 8.77. The van der Waals surface area contributed by atoms with Crippen molar-refractivity contribution in [2.24, 2.45) is 5.41 Å². The smallest absolute Gasteiger partial charge is 0.339 e. The third-order valence-corrected chi connectivity index (χ3v) is 11.4. The summed E-state index contributed by atoms with van der Waals surface area (Å²) in [6.45, 7) is 9.40. The SMILES string of the molecule is CN(C)c1ccc(-c2cc(-c3ccc4ccccc4c3C(=O)/C=C/c3ccc(C(=O)O)c(O)c3)cc3ccc4c(c23)C(C)(C)CC2=C4C=CC(C)(C)C2)cc1. The number of hydrogen-bond donors (Lipinski definition) is 2. The molecule has 8 rings (SSSR count). The lowest BCUT2D eigenvalue weighted by Gasteiger charge is -2.40. The van der Waals surface area contributed by atoms with Gasteiger partial charge in [-0.2, -0.15) is 0 Å². The van der Waals surface area contributed by atoms with Crippen LogP contribution in [0.4, 0.5) is 5.69 Å². The molecule has 6 aromatic carbocycles. The van der Waals surface area contributed by atoms with Crippen LogP contribution in [0.15, 0.2) is 127 Å². The highest BCUT2D eigenvalue weighted by molar-refractivity contribution is 6.19. The summed E-state index contributed by atoms with van der Waals surface area (Å²) in [5.41, 5.74) is 11.6. The summed E-state index contributed by atoms with van der Waals surface area (Å²) in [4.78, 5) is 28.0.